The number of hydrogen-bond acceptors (Lipinski definition) is 3. The highest BCUT2D eigenvalue weighted by atomic mass is 19.4. The quantitative estimate of drug-likeness (QED) is 0.915. The van der Waals surface area contributed by atoms with Gasteiger partial charge in [0.05, 0.1) is 7.11 Å². The van der Waals surface area contributed by atoms with Gasteiger partial charge in [0, 0.05) is 12.1 Å². The molecule has 0 atom stereocenters. The number of methoxy groups -OCH3 is 1. The van der Waals surface area contributed by atoms with Crippen LogP contribution in [0, 0.1) is 0 Å². The second kappa shape index (κ2) is 7.04. The molecule has 23 heavy (non-hydrogen) atoms. The number of carbonyl (C=O) groups is 1. The Bertz CT molecular complexity index is 669. The van der Waals surface area contributed by atoms with Crippen LogP contribution >= 0.6 is 0 Å². The van der Waals surface area contributed by atoms with Crippen molar-refractivity contribution in [1.29, 1.82) is 0 Å². The van der Waals surface area contributed by atoms with Crippen LogP contribution in [0.15, 0.2) is 48.5 Å². The molecule has 4 nitrogen and oxygen atoms in total. The van der Waals surface area contributed by atoms with Gasteiger partial charge in [-0.2, -0.15) is 0 Å². The molecule has 2 aromatic rings. The monoisotopic (exact) mass is 325 g/mol. The van der Waals surface area contributed by atoms with Crippen LogP contribution in [0.4, 0.5) is 13.2 Å². The Kier molecular flexibility index (Phi) is 5.10. The highest BCUT2D eigenvalue weighted by Gasteiger charge is 2.30. The van der Waals surface area contributed by atoms with Gasteiger partial charge in [0.15, 0.2) is 0 Å². The van der Waals surface area contributed by atoms with E-state index in [0.717, 1.165) is 0 Å². The van der Waals surface area contributed by atoms with Gasteiger partial charge < -0.3 is 14.8 Å². The van der Waals surface area contributed by atoms with Crippen molar-refractivity contribution in [2.45, 2.75) is 12.9 Å². The van der Waals surface area contributed by atoms with E-state index in [4.69, 9.17) is 4.74 Å². The van der Waals surface area contributed by atoms with Crippen molar-refractivity contribution in [2.75, 3.05) is 7.11 Å². The van der Waals surface area contributed by atoms with E-state index < -0.39 is 6.36 Å². The normalized spacial score (nSPS) is 11.0. The maximum absolute atomic E-state index is 12.1. The van der Waals surface area contributed by atoms with Gasteiger partial charge in [0.1, 0.15) is 11.5 Å². The number of halogens is 3. The third kappa shape index (κ3) is 5.21. The summed E-state index contributed by atoms with van der Waals surface area (Å²) >= 11 is 0. The molecule has 0 bridgehead atoms. The molecule has 122 valence electrons. The molecule has 2 aromatic carbocycles. The van der Waals surface area contributed by atoms with Crippen molar-refractivity contribution < 1.29 is 27.4 Å². The van der Waals surface area contributed by atoms with Crippen LogP contribution in [0.3, 0.4) is 0 Å². The number of carbonyl (C=O) groups excluding carboxylic acids is 1. The third-order valence-electron chi connectivity index (χ3n) is 2.94. The van der Waals surface area contributed by atoms with E-state index in [0.29, 0.717) is 16.9 Å². The standard InChI is InChI=1S/C16H14F3NO3/c1-22-14-4-2-3-12(9-14)15(21)20-10-11-5-7-13(8-6-11)23-16(17,18)19/h2-9H,10H2,1H3,(H,20,21). The number of alkyl halides is 3. The highest BCUT2D eigenvalue weighted by molar-refractivity contribution is 5.94. The Morgan fingerprint density at radius 1 is 1.09 bits per heavy atom. The summed E-state index contributed by atoms with van der Waals surface area (Å²) in [5.74, 6) is -0.0498. The molecule has 0 aliphatic rings. The van der Waals surface area contributed by atoms with E-state index in [1.807, 2.05) is 0 Å². The van der Waals surface area contributed by atoms with Crippen LogP contribution in [0.2, 0.25) is 0 Å². The molecule has 0 spiro atoms. The van der Waals surface area contributed by atoms with Gasteiger partial charge >= 0.3 is 6.36 Å². The Balaban J connectivity index is 1.93. The van der Waals surface area contributed by atoms with E-state index in [-0.39, 0.29) is 18.2 Å². The minimum atomic E-state index is -4.72. The van der Waals surface area contributed by atoms with Gasteiger partial charge in [-0.1, -0.05) is 18.2 Å². The topological polar surface area (TPSA) is 47.6 Å². The minimum absolute atomic E-state index is 0.183. The summed E-state index contributed by atoms with van der Waals surface area (Å²) in [7, 11) is 1.50. The van der Waals surface area contributed by atoms with Gasteiger partial charge in [-0.3, -0.25) is 4.79 Å². The largest absolute Gasteiger partial charge is 0.573 e. The van der Waals surface area contributed by atoms with Gasteiger partial charge in [-0.25, -0.2) is 0 Å². The first-order valence-corrected chi connectivity index (χ1v) is 6.64. The number of ether oxygens (including phenoxy) is 2. The van der Waals surface area contributed by atoms with E-state index in [2.05, 4.69) is 10.1 Å². The number of benzene rings is 2. The molecule has 7 heteroatoms. The Labute approximate surface area is 130 Å². The lowest BCUT2D eigenvalue weighted by Crippen LogP contribution is -2.22. The molecule has 2 rings (SSSR count). The smallest absolute Gasteiger partial charge is 0.497 e. The lowest BCUT2D eigenvalue weighted by Gasteiger charge is -2.10. The van der Waals surface area contributed by atoms with Crippen LogP contribution in [-0.2, 0) is 6.54 Å². The summed E-state index contributed by atoms with van der Waals surface area (Å²) in [5.41, 5.74) is 1.08. The van der Waals surface area contributed by atoms with Crippen molar-refractivity contribution in [2.24, 2.45) is 0 Å². The molecular formula is C16H14F3NO3. The van der Waals surface area contributed by atoms with Crippen LogP contribution < -0.4 is 14.8 Å². The zero-order valence-electron chi connectivity index (χ0n) is 12.2. The van der Waals surface area contributed by atoms with Gasteiger partial charge in [-0.05, 0) is 35.9 Å². The fourth-order valence-corrected chi connectivity index (χ4v) is 1.86. The number of hydrogen-bond donors (Lipinski definition) is 1. The molecule has 1 amide bonds. The third-order valence-corrected chi connectivity index (χ3v) is 2.94. The average molecular weight is 325 g/mol. The number of rotatable bonds is 5. The molecule has 0 aliphatic carbocycles. The SMILES string of the molecule is COc1cccc(C(=O)NCc2ccc(OC(F)(F)F)cc2)c1. The molecule has 1 N–H and O–H groups in total. The van der Waals surface area contributed by atoms with Gasteiger partial charge in [0.25, 0.3) is 5.91 Å². The first kappa shape index (κ1) is 16.7. The summed E-state index contributed by atoms with van der Waals surface area (Å²) < 4.78 is 45.0. The molecular weight excluding hydrogens is 311 g/mol. The second-order valence-electron chi connectivity index (χ2n) is 4.61. The number of amides is 1. The molecule has 0 heterocycles. The zero-order chi connectivity index (χ0) is 16.9. The van der Waals surface area contributed by atoms with Crippen molar-refractivity contribution in [1.82, 2.24) is 5.32 Å². The van der Waals surface area contributed by atoms with Gasteiger partial charge in [-0.15, -0.1) is 13.2 Å². The van der Waals surface area contributed by atoms with Crippen molar-refractivity contribution in [3.8, 4) is 11.5 Å². The van der Waals surface area contributed by atoms with Crippen molar-refractivity contribution in [3.05, 3.63) is 59.7 Å². The molecule has 0 fully saturated rings. The maximum atomic E-state index is 12.1. The van der Waals surface area contributed by atoms with Crippen molar-refractivity contribution >= 4 is 5.91 Å². The fourth-order valence-electron chi connectivity index (χ4n) is 1.86. The summed E-state index contributed by atoms with van der Waals surface area (Å²) in [4.78, 5) is 12.0. The van der Waals surface area contributed by atoms with E-state index in [9.17, 15) is 18.0 Å². The predicted octanol–water partition coefficient (Wildman–Crippen LogP) is 3.52. The summed E-state index contributed by atoms with van der Waals surface area (Å²) in [5, 5.41) is 2.68. The highest BCUT2D eigenvalue weighted by Crippen LogP contribution is 2.22. The van der Waals surface area contributed by atoms with Crippen LogP contribution in [0.25, 0.3) is 0 Å². The predicted molar refractivity (Wildman–Crippen MR) is 77.3 cm³/mol. The molecule has 0 unspecified atom stereocenters. The minimum Gasteiger partial charge on any atom is -0.497 e. The Morgan fingerprint density at radius 3 is 2.39 bits per heavy atom. The second-order valence-corrected chi connectivity index (χ2v) is 4.61. The van der Waals surface area contributed by atoms with Crippen LogP contribution in [-0.4, -0.2) is 19.4 Å². The van der Waals surface area contributed by atoms with Crippen LogP contribution in [0.5, 0.6) is 11.5 Å². The lowest BCUT2D eigenvalue weighted by atomic mass is 10.2. The zero-order valence-corrected chi connectivity index (χ0v) is 12.2. The maximum Gasteiger partial charge on any atom is 0.573 e. The summed E-state index contributed by atoms with van der Waals surface area (Å²) in [6.45, 7) is 0.183. The van der Waals surface area contributed by atoms with E-state index >= 15 is 0 Å². The average Bonchev–Trinajstić information content (AvgIpc) is 2.52. The Morgan fingerprint density at radius 2 is 1.78 bits per heavy atom. The lowest BCUT2D eigenvalue weighted by molar-refractivity contribution is -0.274. The first-order valence-electron chi connectivity index (χ1n) is 6.64. The molecule has 0 aliphatic heterocycles. The van der Waals surface area contributed by atoms with E-state index in [1.165, 1.54) is 31.4 Å². The van der Waals surface area contributed by atoms with Crippen LogP contribution in [0.1, 0.15) is 15.9 Å². The molecule has 0 radical (unpaired) electrons. The van der Waals surface area contributed by atoms with Crippen molar-refractivity contribution in [3.63, 3.8) is 0 Å². The Hall–Kier alpha value is -2.70. The van der Waals surface area contributed by atoms with Gasteiger partial charge in [0.2, 0.25) is 0 Å². The molecule has 0 aromatic heterocycles. The first-order chi connectivity index (χ1) is 10.9. The number of nitrogens with one attached hydrogen (secondary N) is 1. The summed E-state index contributed by atoms with van der Waals surface area (Å²) in [6, 6.07) is 11.9. The molecule has 0 saturated heterocycles. The van der Waals surface area contributed by atoms with E-state index in [1.54, 1.807) is 24.3 Å². The molecule has 0 saturated carbocycles. The fraction of sp³-hybridized carbons (Fsp3) is 0.188. The summed E-state index contributed by atoms with van der Waals surface area (Å²) in [6.07, 6.45) is -4.72.